The van der Waals surface area contributed by atoms with Crippen molar-refractivity contribution in [1.82, 2.24) is 4.90 Å². The van der Waals surface area contributed by atoms with Gasteiger partial charge in [0.05, 0.1) is 16.4 Å². The van der Waals surface area contributed by atoms with Gasteiger partial charge in [0.25, 0.3) is 0 Å². The highest BCUT2D eigenvalue weighted by atomic mass is 35.5. The summed E-state index contributed by atoms with van der Waals surface area (Å²) in [5, 5.41) is 3.30. The van der Waals surface area contributed by atoms with E-state index in [1.807, 2.05) is 30.3 Å². The number of anilines is 1. The molecule has 1 heterocycles. The number of amides is 2. The fraction of sp³-hybridized carbons (Fsp3) is 0.167. The van der Waals surface area contributed by atoms with E-state index in [2.05, 4.69) is 10.3 Å². The van der Waals surface area contributed by atoms with Crippen LogP contribution in [-0.4, -0.2) is 34.2 Å². The summed E-state index contributed by atoms with van der Waals surface area (Å²) < 4.78 is 0. The molecule has 3 rings (SSSR count). The molecule has 0 spiro atoms. The van der Waals surface area contributed by atoms with Gasteiger partial charge in [-0.2, -0.15) is 0 Å². The lowest BCUT2D eigenvalue weighted by Crippen LogP contribution is -2.30. The second-order valence-corrected chi connectivity index (χ2v) is 7.04. The Morgan fingerprint density at radius 3 is 2.60 bits per heavy atom. The molecular formula is C18H16ClN3O2S. The summed E-state index contributed by atoms with van der Waals surface area (Å²) in [6.45, 7) is 0. The van der Waals surface area contributed by atoms with Crippen molar-refractivity contribution in [2.75, 3.05) is 12.4 Å². The maximum Gasteiger partial charge on any atom is 0.242 e. The van der Waals surface area contributed by atoms with E-state index in [1.165, 1.54) is 16.7 Å². The molecule has 5 nitrogen and oxygen atoms in total. The van der Waals surface area contributed by atoms with E-state index >= 15 is 0 Å². The van der Waals surface area contributed by atoms with E-state index in [-0.39, 0.29) is 18.2 Å². The van der Waals surface area contributed by atoms with Crippen LogP contribution in [0.2, 0.25) is 5.02 Å². The Morgan fingerprint density at radius 2 is 1.88 bits per heavy atom. The van der Waals surface area contributed by atoms with Crippen LogP contribution in [0.1, 0.15) is 6.42 Å². The first-order valence-corrected chi connectivity index (χ1v) is 8.92. The molecule has 0 radical (unpaired) electrons. The number of benzene rings is 2. The first-order valence-electron chi connectivity index (χ1n) is 7.67. The smallest absolute Gasteiger partial charge is 0.242 e. The zero-order chi connectivity index (χ0) is 17.8. The molecule has 1 atom stereocenters. The molecule has 1 aliphatic rings. The van der Waals surface area contributed by atoms with Gasteiger partial charge in [-0.1, -0.05) is 53.7 Å². The second-order valence-electron chi connectivity index (χ2n) is 5.47. The van der Waals surface area contributed by atoms with Gasteiger partial charge < -0.3 is 5.32 Å². The molecule has 7 heteroatoms. The molecule has 1 unspecified atom stereocenters. The van der Waals surface area contributed by atoms with Crippen LogP contribution in [0.15, 0.2) is 59.6 Å². The number of nitrogens with one attached hydrogen (secondary N) is 1. The van der Waals surface area contributed by atoms with E-state index in [1.54, 1.807) is 31.3 Å². The van der Waals surface area contributed by atoms with Crippen molar-refractivity contribution >= 4 is 51.7 Å². The summed E-state index contributed by atoms with van der Waals surface area (Å²) in [4.78, 5) is 30.6. The van der Waals surface area contributed by atoms with Gasteiger partial charge in [-0.15, -0.1) is 0 Å². The monoisotopic (exact) mass is 373 g/mol. The first-order chi connectivity index (χ1) is 12.0. The van der Waals surface area contributed by atoms with Gasteiger partial charge in [-0.3, -0.25) is 14.5 Å². The van der Waals surface area contributed by atoms with E-state index in [0.29, 0.717) is 15.9 Å². The molecule has 128 valence electrons. The number of carbonyl (C=O) groups excluding carboxylic acids is 2. The Balaban J connectivity index is 1.67. The number of hydrogen-bond donors (Lipinski definition) is 1. The number of thioether (sulfide) groups is 1. The molecule has 0 saturated carbocycles. The van der Waals surface area contributed by atoms with Gasteiger partial charge in [-0.05, 0) is 24.3 Å². The second kappa shape index (κ2) is 7.72. The SMILES string of the molecule is CN1C(=O)C(CC(=O)Nc2ccccc2Cl)SC1=Nc1ccccc1. The van der Waals surface area contributed by atoms with Gasteiger partial charge in [0.15, 0.2) is 5.17 Å². The molecule has 0 aromatic heterocycles. The Bertz CT molecular complexity index is 826. The zero-order valence-corrected chi connectivity index (χ0v) is 15.1. The number of carbonyl (C=O) groups is 2. The van der Waals surface area contributed by atoms with E-state index in [4.69, 9.17) is 11.6 Å². The number of aliphatic imine (C=N–C) groups is 1. The van der Waals surface area contributed by atoms with E-state index in [9.17, 15) is 9.59 Å². The van der Waals surface area contributed by atoms with Gasteiger partial charge in [-0.25, -0.2) is 4.99 Å². The first kappa shape index (κ1) is 17.5. The third kappa shape index (κ3) is 4.21. The third-order valence-electron chi connectivity index (χ3n) is 3.64. The number of nitrogens with zero attached hydrogens (tertiary/aromatic N) is 2. The van der Waals surface area contributed by atoms with Crippen molar-refractivity contribution in [3.05, 3.63) is 59.6 Å². The average molecular weight is 374 g/mol. The Kier molecular flexibility index (Phi) is 5.40. The summed E-state index contributed by atoms with van der Waals surface area (Å²) in [5.74, 6) is -0.387. The normalized spacial score (nSPS) is 18.6. The van der Waals surface area contributed by atoms with E-state index < -0.39 is 5.25 Å². The summed E-state index contributed by atoms with van der Waals surface area (Å²) >= 11 is 7.33. The molecular weight excluding hydrogens is 358 g/mol. The molecule has 1 N–H and O–H groups in total. The molecule has 2 amide bonds. The molecule has 2 aromatic rings. The Hall–Kier alpha value is -2.31. The Labute approximate surface area is 155 Å². The van der Waals surface area contributed by atoms with Crippen LogP contribution in [0.5, 0.6) is 0 Å². The van der Waals surface area contributed by atoms with Crippen molar-refractivity contribution in [3.63, 3.8) is 0 Å². The van der Waals surface area contributed by atoms with Gasteiger partial charge >= 0.3 is 0 Å². The van der Waals surface area contributed by atoms with Crippen LogP contribution in [0.4, 0.5) is 11.4 Å². The largest absolute Gasteiger partial charge is 0.325 e. The van der Waals surface area contributed by atoms with Crippen molar-refractivity contribution in [2.45, 2.75) is 11.7 Å². The summed E-state index contributed by atoms with van der Waals surface area (Å²) in [7, 11) is 1.67. The molecule has 1 saturated heterocycles. The topological polar surface area (TPSA) is 61.8 Å². The molecule has 1 fully saturated rings. The van der Waals surface area contributed by atoms with Crippen molar-refractivity contribution in [3.8, 4) is 0 Å². The predicted octanol–water partition coefficient (Wildman–Crippen LogP) is 3.93. The Morgan fingerprint density at radius 1 is 1.20 bits per heavy atom. The fourth-order valence-corrected chi connectivity index (χ4v) is 3.68. The maximum absolute atomic E-state index is 12.4. The van der Waals surface area contributed by atoms with Crippen molar-refractivity contribution in [1.29, 1.82) is 0 Å². The minimum Gasteiger partial charge on any atom is -0.325 e. The minimum atomic E-state index is -0.491. The number of hydrogen-bond acceptors (Lipinski definition) is 4. The highest BCUT2D eigenvalue weighted by molar-refractivity contribution is 8.15. The minimum absolute atomic E-state index is 0.0624. The van der Waals surface area contributed by atoms with Gasteiger partial charge in [0.2, 0.25) is 11.8 Å². The average Bonchev–Trinajstić information content (AvgIpc) is 2.86. The lowest BCUT2D eigenvalue weighted by molar-refractivity contribution is -0.127. The molecule has 1 aliphatic heterocycles. The van der Waals surface area contributed by atoms with Crippen molar-refractivity contribution < 1.29 is 9.59 Å². The highest BCUT2D eigenvalue weighted by Crippen LogP contribution is 2.31. The number of para-hydroxylation sites is 2. The number of amidine groups is 1. The lowest BCUT2D eigenvalue weighted by Gasteiger charge is -2.10. The van der Waals surface area contributed by atoms with Crippen LogP contribution in [0, 0.1) is 0 Å². The lowest BCUT2D eigenvalue weighted by atomic mass is 10.2. The maximum atomic E-state index is 12.4. The van der Waals surface area contributed by atoms with Crippen LogP contribution in [0.25, 0.3) is 0 Å². The third-order valence-corrected chi connectivity index (χ3v) is 5.20. The summed E-state index contributed by atoms with van der Waals surface area (Å²) in [6, 6.07) is 16.4. The standard InChI is InChI=1S/C18H16ClN3O2S/c1-22-17(24)15(25-18(22)20-12-7-3-2-4-8-12)11-16(23)21-14-10-6-5-9-13(14)19/h2-10,15H,11H2,1H3,(H,21,23). The van der Waals surface area contributed by atoms with Crippen LogP contribution >= 0.6 is 23.4 Å². The van der Waals surface area contributed by atoms with Crippen LogP contribution in [-0.2, 0) is 9.59 Å². The predicted molar refractivity (Wildman–Crippen MR) is 102 cm³/mol. The molecule has 0 aliphatic carbocycles. The van der Waals surface area contributed by atoms with Gasteiger partial charge in [0, 0.05) is 13.5 Å². The number of rotatable bonds is 4. The summed E-state index contributed by atoms with van der Waals surface area (Å²) in [5.41, 5.74) is 1.31. The molecule has 25 heavy (non-hydrogen) atoms. The molecule has 0 bridgehead atoms. The van der Waals surface area contributed by atoms with Crippen LogP contribution < -0.4 is 5.32 Å². The zero-order valence-electron chi connectivity index (χ0n) is 13.5. The van der Waals surface area contributed by atoms with E-state index in [0.717, 1.165) is 5.69 Å². The highest BCUT2D eigenvalue weighted by Gasteiger charge is 2.37. The van der Waals surface area contributed by atoms with Gasteiger partial charge in [0.1, 0.15) is 5.25 Å². The number of halogens is 1. The van der Waals surface area contributed by atoms with Crippen LogP contribution in [0.3, 0.4) is 0 Å². The summed E-state index contributed by atoms with van der Waals surface area (Å²) in [6.07, 6.45) is 0.0624. The van der Waals surface area contributed by atoms with Crippen molar-refractivity contribution in [2.24, 2.45) is 4.99 Å². The quantitative estimate of drug-likeness (QED) is 0.883. The fourth-order valence-electron chi connectivity index (χ4n) is 2.34. The molecule has 2 aromatic carbocycles.